The number of halogens is 1. The molecule has 1 saturated heterocycles. The quantitative estimate of drug-likeness (QED) is 0.859. The van der Waals surface area contributed by atoms with Gasteiger partial charge in [0.2, 0.25) is 0 Å². The SMILES string of the molecule is CCCC1CCNC(C(O)c2ccnc3ccc(OC)cc23)C1.Cl. The Labute approximate surface area is 150 Å². The van der Waals surface area contributed by atoms with Gasteiger partial charge >= 0.3 is 0 Å². The fraction of sp³-hybridized carbons (Fsp3) is 0.526. The van der Waals surface area contributed by atoms with Gasteiger partial charge in [-0.2, -0.15) is 0 Å². The van der Waals surface area contributed by atoms with E-state index in [0.717, 1.165) is 35.2 Å². The van der Waals surface area contributed by atoms with Gasteiger partial charge in [-0.1, -0.05) is 19.8 Å². The lowest BCUT2D eigenvalue weighted by atomic mass is 9.84. The monoisotopic (exact) mass is 350 g/mol. The number of fused-ring (bicyclic) bond motifs is 1. The van der Waals surface area contributed by atoms with E-state index >= 15 is 0 Å². The molecule has 1 aliphatic rings. The van der Waals surface area contributed by atoms with E-state index in [1.165, 1.54) is 19.3 Å². The smallest absolute Gasteiger partial charge is 0.119 e. The van der Waals surface area contributed by atoms with Crippen LogP contribution in [0.2, 0.25) is 0 Å². The molecule has 132 valence electrons. The number of aromatic nitrogens is 1. The van der Waals surface area contributed by atoms with E-state index in [2.05, 4.69) is 17.2 Å². The molecule has 0 saturated carbocycles. The Balaban J connectivity index is 0.00000208. The largest absolute Gasteiger partial charge is 0.497 e. The molecule has 3 atom stereocenters. The zero-order chi connectivity index (χ0) is 16.2. The van der Waals surface area contributed by atoms with Gasteiger partial charge in [-0.05, 0) is 55.1 Å². The molecule has 2 N–H and O–H groups in total. The summed E-state index contributed by atoms with van der Waals surface area (Å²) in [5, 5.41) is 15.4. The van der Waals surface area contributed by atoms with Crippen molar-refractivity contribution in [2.45, 2.75) is 44.8 Å². The van der Waals surface area contributed by atoms with Crippen molar-refractivity contribution in [3.63, 3.8) is 0 Å². The lowest BCUT2D eigenvalue weighted by Crippen LogP contribution is -2.42. The Morgan fingerprint density at radius 2 is 2.21 bits per heavy atom. The second-order valence-corrected chi connectivity index (χ2v) is 6.47. The molecule has 2 aromatic rings. The first-order valence-corrected chi connectivity index (χ1v) is 8.57. The van der Waals surface area contributed by atoms with Crippen LogP contribution in [0.25, 0.3) is 10.9 Å². The molecule has 1 aromatic carbocycles. The molecule has 0 spiro atoms. The number of aliphatic hydroxyl groups excluding tert-OH is 1. The highest BCUT2D eigenvalue weighted by Gasteiger charge is 2.28. The first-order chi connectivity index (χ1) is 11.2. The van der Waals surface area contributed by atoms with Crippen LogP contribution in [-0.4, -0.2) is 29.8 Å². The summed E-state index contributed by atoms with van der Waals surface area (Å²) >= 11 is 0. The van der Waals surface area contributed by atoms with Gasteiger partial charge < -0.3 is 15.2 Å². The minimum atomic E-state index is -0.521. The first kappa shape index (κ1) is 19.0. The van der Waals surface area contributed by atoms with Gasteiger partial charge in [0.05, 0.1) is 18.7 Å². The van der Waals surface area contributed by atoms with E-state index in [0.29, 0.717) is 5.92 Å². The molecule has 24 heavy (non-hydrogen) atoms. The number of rotatable bonds is 5. The van der Waals surface area contributed by atoms with Crippen molar-refractivity contribution in [1.29, 1.82) is 0 Å². The van der Waals surface area contributed by atoms with Crippen molar-refractivity contribution in [2.75, 3.05) is 13.7 Å². The molecule has 1 aromatic heterocycles. The fourth-order valence-corrected chi connectivity index (χ4v) is 3.69. The molecule has 3 rings (SSSR count). The van der Waals surface area contributed by atoms with Crippen LogP contribution < -0.4 is 10.1 Å². The Morgan fingerprint density at radius 3 is 2.96 bits per heavy atom. The summed E-state index contributed by atoms with van der Waals surface area (Å²) in [6.07, 6.45) is 5.95. The zero-order valence-corrected chi connectivity index (χ0v) is 15.2. The second kappa shape index (κ2) is 8.65. The van der Waals surface area contributed by atoms with Gasteiger partial charge in [0, 0.05) is 17.6 Å². The van der Waals surface area contributed by atoms with Gasteiger partial charge in [-0.15, -0.1) is 12.4 Å². The number of benzene rings is 1. The average molecular weight is 351 g/mol. The summed E-state index contributed by atoms with van der Waals surface area (Å²) in [5.41, 5.74) is 1.83. The number of methoxy groups -OCH3 is 1. The molecule has 1 fully saturated rings. The van der Waals surface area contributed by atoms with E-state index in [-0.39, 0.29) is 18.4 Å². The highest BCUT2D eigenvalue weighted by Crippen LogP contribution is 2.32. The third kappa shape index (κ3) is 4.00. The molecular formula is C19H27ClN2O2. The van der Waals surface area contributed by atoms with Crippen LogP contribution in [0.5, 0.6) is 5.75 Å². The fourth-order valence-electron chi connectivity index (χ4n) is 3.69. The Hall–Kier alpha value is -1.36. The molecule has 0 amide bonds. The number of hydrogen-bond acceptors (Lipinski definition) is 4. The van der Waals surface area contributed by atoms with Crippen LogP contribution >= 0.6 is 12.4 Å². The Kier molecular flexibility index (Phi) is 6.84. The normalized spacial score (nSPS) is 22.0. The summed E-state index contributed by atoms with van der Waals surface area (Å²) < 4.78 is 5.33. The third-order valence-corrected chi connectivity index (χ3v) is 4.93. The lowest BCUT2D eigenvalue weighted by Gasteiger charge is -2.33. The summed E-state index contributed by atoms with van der Waals surface area (Å²) in [4.78, 5) is 4.40. The van der Waals surface area contributed by atoms with Crippen molar-refractivity contribution in [3.05, 3.63) is 36.0 Å². The van der Waals surface area contributed by atoms with E-state index in [1.54, 1.807) is 13.3 Å². The standard InChI is InChI=1S/C19H26N2O2.ClH/c1-3-4-13-7-9-21-18(11-13)19(22)15-8-10-20-17-6-5-14(23-2)12-16(15)17;/h5-6,8,10,12-13,18-19,21-22H,3-4,7,9,11H2,1-2H3;1H. The number of pyridine rings is 1. The van der Waals surface area contributed by atoms with E-state index in [9.17, 15) is 5.11 Å². The maximum atomic E-state index is 11.0. The van der Waals surface area contributed by atoms with Crippen LogP contribution in [0.4, 0.5) is 0 Å². The summed E-state index contributed by atoms with van der Waals surface area (Å²) in [6, 6.07) is 7.85. The van der Waals surface area contributed by atoms with Crippen LogP contribution in [0, 0.1) is 5.92 Å². The predicted octanol–water partition coefficient (Wildman–Crippen LogP) is 3.87. The first-order valence-electron chi connectivity index (χ1n) is 8.57. The molecule has 0 bridgehead atoms. The Morgan fingerprint density at radius 1 is 1.38 bits per heavy atom. The number of ether oxygens (including phenoxy) is 1. The number of nitrogens with one attached hydrogen (secondary N) is 1. The van der Waals surface area contributed by atoms with Crippen LogP contribution in [0.1, 0.15) is 44.3 Å². The van der Waals surface area contributed by atoms with Gasteiger partial charge in [0.1, 0.15) is 5.75 Å². The van der Waals surface area contributed by atoms with Crippen molar-refractivity contribution in [2.24, 2.45) is 5.92 Å². The molecule has 1 aliphatic heterocycles. The molecule has 0 aliphatic carbocycles. The summed E-state index contributed by atoms with van der Waals surface area (Å²) in [6.45, 7) is 3.22. The third-order valence-electron chi connectivity index (χ3n) is 4.93. The molecule has 2 heterocycles. The minimum Gasteiger partial charge on any atom is -0.497 e. The van der Waals surface area contributed by atoms with E-state index in [4.69, 9.17) is 4.74 Å². The Bertz CT molecular complexity index is 663. The molecular weight excluding hydrogens is 324 g/mol. The second-order valence-electron chi connectivity index (χ2n) is 6.47. The topological polar surface area (TPSA) is 54.4 Å². The summed E-state index contributed by atoms with van der Waals surface area (Å²) in [5.74, 6) is 1.50. The van der Waals surface area contributed by atoms with Gasteiger partial charge in [0.15, 0.2) is 0 Å². The molecule has 0 radical (unpaired) electrons. The highest BCUT2D eigenvalue weighted by molar-refractivity contribution is 5.85. The van der Waals surface area contributed by atoms with E-state index < -0.39 is 6.10 Å². The predicted molar refractivity (Wildman–Crippen MR) is 99.9 cm³/mol. The summed E-state index contributed by atoms with van der Waals surface area (Å²) in [7, 11) is 1.66. The highest BCUT2D eigenvalue weighted by atomic mass is 35.5. The van der Waals surface area contributed by atoms with Crippen molar-refractivity contribution < 1.29 is 9.84 Å². The molecule has 4 nitrogen and oxygen atoms in total. The van der Waals surface area contributed by atoms with Crippen LogP contribution in [0.15, 0.2) is 30.5 Å². The average Bonchev–Trinajstić information content (AvgIpc) is 2.60. The number of nitrogens with zero attached hydrogens (tertiary/aromatic N) is 1. The zero-order valence-electron chi connectivity index (χ0n) is 14.4. The van der Waals surface area contributed by atoms with E-state index in [1.807, 2.05) is 24.3 Å². The van der Waals surface area contributed by atoms with Gasteiger partial charge in [0.25, 0.3) is 0 Å². The van der Waals surface area contributed by atoms with Crippen LogP contribution in [0.3, 0.4) is 0 Å². The maximum absolute atomic E-state index is 11.0. The maximum Gasteiger partial charge on any atom is 0.119 e. The van der Waals surface area contributed by atoms with Gasteiger partial charge in [-0.25, -0.2) is 0 Å². The van der Waals surface area contributed by atoms with Crippen molar-refractivity contribution in [1.82, 2.24) is 10.3 Å². The molecule has 3 unspecified atom stereocenters. The number of hydrogen-bond donors (Lipinski definition) is 2. The number of piperidine rings is 1. The lowest BCUT2D eigenvalue weighted by molar-refractivity contribution is 0.0979. The number of aliphatic hydroxyl groups is 1. The van der Waals surface area contributed by atoms with Crippen molar-refractivity contribution in [3.8, 4) is 5.75 Å². The van der Waals surface area contributed by atoms with Gasteiger partial charge in [-0.3, -0.25) is 4.98 Å². The van der Waals surface area contributed by atoms with Crippen molar-refractivity contribution >= 4 is 23.3 Å². The molecule has 5 heteroatoms. The van der Waals surface area contributed by atoms with Crippen LogP contribution in [-0.2, 0) is 0 Å². The minimum absolute atomic E-state index is 0.